The fourth-order valence-electron chi connectivity index (χ4n) is 2.93. The summed E-state index contributed by atoms with van der Waals surface area (Å²) in [6, 6.07) is 3.26. The van der Waals surface area contributed by atoms with Gasteiger partial charge in [-0.25, -0.2) is 8.78 Å². The first-order valence-electron chi connectivity index (χ1n) is 8.60. The minimum absolute atomic E-state index is 0.0409. The molecule has 1 aromatic rings. The third kappa shape index (κ3) is 5.85. The number of nitrogens with zero attached hydrogens (tertiary/aromatic N) is 1. The zero-order valence-electron chi connectivity index (χ0n) is 14.9. The highest BCUT2D eigenvalue weighted by atomic mass is 19.1. The Hall–Kier alpha value is -1.89. The van der Waals surface area contributed by atoms with E-state index in [1.165, 1.54) is 31.4 Å². The summed E-state index contributed by atoms with van der Waals surface area (Å²) in [6.07, 6.45) is 4.70. The van der Waals surface area contributed by atoms with Gasteiger partial charge in [0, 0.05) is 33.4 Å². The molecule has 1 saturated carbocycles. The molecule has 1 aliphatic rings. The molecule has 7 heteroatoms. The van der Waals surface area contributed by atoms with Gasteiger partial charge in [0.15, 0.2) is 17.5 Å². The summed E-state index contributed by atoms with van der Waals surface area (Å²) in [5, 5.41) is 6.48. The Balaban J connectivity index is 1.69. The molecular weight excluding hydrogens is 328 g/mol. The summed E-state index contributed by atoms with van der Waals surface area (Å²) in [5.41, 5.74) is 0.293. The third-order valence-electron chi connectivity index (χ3n) is 4.65. The summed E-state index contributed by atoms with van der Waals surface area (Å²) < 4.78 is 36.8. The van der Waals surface area contributed by atoms with Crippen LogP contribution >= 0.6 is 0 Å². The lowest BCUT2D eigenvalue weighted by atomic mass is 9.67. The molecule has 0 saturated heterocycles. The highest BCUT2D eigenvalue weighted by Crippen LogP contribution is 2.43. The molecule has 0 atom stereocenters. The molecule has 0 aliphatic heterocycles. The van der Waals surface area contributed by atoms with E-state index in [1.807, 2.05) is 0 Å². The first-order valence-corrected chi connectivity index (χ1v) is 8.60. The average molecular weight is 355 g/mol. The SMILES string of the molecule is CN=C(NCCOc1ccc(F)cc1F)NCC1(CCOC)CCC1. The Morgan fingerprint density at radius 1 is 1.24 bits per heavy atom. The van der Waals surface area contributed by atoms with Gasteiger partial charge < -0.3 is 20.1 Å². The van der Waals surface area contributed by atoms with Crippen molar-refractivity contribution in [1.29, 1.82) is 0 Å². The van der Waals surface area contributed by atoms with Crippen molar-refractivity contribution in [2.45, 2.75) is 25.7 Å². The lowest BCUT2D eigenvalue weighted by molar-refractivity contribution is 0.0732. The van der Waals surface area contributed by atoms with Gasteiger partial charge in [-0.1, -0.05) is 6.42 Å². The van der Waals surface area contributed by atoms with E-state index in [2.05, 4.69) is 15.6 Å². The first-order chi connectivity index (χ1) is 12.1. The van der Waals surface area contributed by atoms with Gasteiger partial charge >= 0.3 is 0 Å². The summed E-state index contributed by atoms with van der Waals surface area (Å²) in [4.78, 5) is 4.19. The lowest BCUT2D eigenvalue weighted by Crippen LogP contribution is -2.47. The van der Waals surface area contributed by atoms with Crippen LogP contribution in [0.2, 0.25) is 0 Å². The van der Waals surface area contributed by atoms with Crippen LogP contribution in [0.1, 0.15) is 25.7 Å². The van der Waals surface area contributed by atoms with E-state index in [0.717, 1.165) is 25.6 Å². The number of halogens is 2. The Bertz CT molecular complexity index is 577. The van der Waals surface area contributed by atoms with Crippen molar-refractivity contribution in [1.82, 2.24) is 10.6 Å². The molecule has 0 spiro atoms. The third-order valence-corrected chi connectivity index (χ3v) is 4.65. The Morgan fingerprint density at radius 3 is 2.64 bits per heavy atom. The Morgan fingerprint density at radius 2 is 2.04 bits per heavy atom. The van der Waals surface area contributed by atoms with Crippen molar-refractivity contribution in [3.63, 3.8) is 0 Å². The Kier molecular flexibility index (Phi) is 7.43. The lowest BCUT2D eigenvalue weighted by Gasteiger charge is -2.42. The summed E-state index contributed by atoms with van der Waals surface area (Å²) in [6.45, 7) is 2.33. The monoisotopic (exact) mass is 355 g/mol. The number of benzene rings is 1. The molecule has 0 heterocycles. The second-order valence-electron chi connectivity index (χ2n) is 6.37. The van der Waals surface area contributed by atoms with Crippen LogP contribution in [-0.2, 0) is 4.74 Å². The van der Waals surface area contributed by atoms with E-state index >= 15 is 0 Å². The van der Waals surface area contributed by atoms with Crippen LogP contribution in [-0.4, -0.2) is 46.4 Å². The molecule has 0 bridgehead atoms. The van der Waals surface area contributed by atoms with Crippen molar-refractivity contribution in [2.75, 3.05) is 40.5 Å². The fourth-order valence-corrected chi connectivity index (χ4v) is 2.93. The van der Waals surface area contributed by atoms with Gasteiger partial charge in [0.1, 0.15) is 12.4 Å². The second-order valence-corrected chi connectivity index (χ2v) is 6.37. The van der Waals surface area contributed by atoms with Gasteiger partial charge in [-0.15, -0.1) is 0 Å². The molecule has 25 heavy (non-hydrogen) atoms. The molecule has 2 rings (SSSR count). The van der Waals surface area contributed by atoms with Crippen molar-refractivity contribution < 1.29 is 18.3 Å². The summed E-state index contributed by atoms with van der Waals surface area (Å²) in [7, 11) is 3.43. The molecular formula is C18H27F2N3O2. The van der Waals surface area contributed by atoms with E-state index in [9.17, 15) is 8.78 Å². The van der Waals surface area contributed by atoms with Gasteiger partial charge in [0.2, 0.25) is 0 Å². The molecule has 0 unspecified atom stereocenters. The fraction of sp³-hybridized carbons (Fsp3) is 0.611. The van der Waals surface area contributed by atoms with Crippen LogP contribution in [0.4, 0.5) is 8.78 Å². The number of hydrogen-bond acceptors (Lipinski definition) is 3. The number of guanidine groups is 1. The quantitative estimate of drug-likeness (QED) is 0.406. The van der Waals surface area contributed by atoms with Gasteiger partial charge in [-0.2, -0.15) is 0 Å². The maximum absolute atomic E-state index is 13.5. The van der Waals surface area contributed by atoms with Crippen LogP contribution in [0.15, 0.2) is 23.2 Å². The Labute approximate surface area is 147 Å². The number of nitrogens with one attached hydrogen (secondary N) is 2. The largest absolute Gasteiger partial charge is 0.489 e. The highest BCUT2D eigenvalue weighted by Gasteiger charge is 2.36. The van der Waals surface area contributed by atoms with E-state index in [4.69, 9.17) is 9.47 Å². The predicted molar refractivity (Wildman–Crippen MR) is 94.0 cm³/mol. The molecule has 140 valence electrons. The van der Waals surface area contributed by atoms with Gasteiger partial charge in [0.25, 0.3) is 0 Å². The zero-order chi connectivity index (χ0) is 18.1. The van der Waals surface area contributed by atoms with E-state index in [-0.39, 0.29) is 12.4 Å². The van der Waals surface area contributed by atoms with Crippen LogP contribution in [0.5, 0.6) is 5.75 Å². The highest BCUT2D eigenvalue weighted by molar-refractivity contribution is 5.79. The van der Waals surface area contributed by atoms with Crippen molar-refractivity contribution in [3.05, 3.63) is 29.8 Å². The van der Waals surface area contributed by atoms with Gasteiger partial charge in [-0.3, -0.25) is 4.99 Å². The average Bonchev–Trinajstić information content (AvgIpc) is 2.56. The number of aliphatic imine (C=N–C) groups is 1. The molecule has 0 aromatic heterocycles. The van der Waals surface area contributed by atoms with Crippen LogP contribution in [0.25, 0.3) is 0 Å². The van der Waals surface area contributed by atoms with Crippen LogP contribution in [0.3, 0.4) is 0 Å². The number of ether oxygens (including phenoxy) is 2. The normalized spacial score (nSPS) is 16.2. The molecule has 1 aromatic carbocycles. The zero-order valence-corrected chi connectivity index (χ0v) is 14.9. The minimum atomic E-state index is -0.701. The van der Waals surface area contributed by atoms with Crippen molar-refractivity contribution in [2.24, 2.45) is 10.4 Å². The van der Waals surface area contributed by atoms with Crippen LogP contribution < -0.4 is 15.4 Å². The smallest absolute Gasteiger partial charge is 0.191 e. The number of rotatable bonds is 9. The van der Waals surface area contributed by atoms with E-state index in [1.54, 1.807) is 14.2 Å². The minimum Gasteiger partial charge on any atom is -0.489 e. The topological polar surface area (TPSA) is 54.9 Å². The number of methoxy groups -OCH3 is 1. The van der Waals surface area contributed by atoms with Crippen LogP contribution in [0, 0.1) is 17.0 Å². The molecule has 2 N–H and O–H groups in total. The standard InChI is InChI=1S/C18H27F2N3O2/c1-21-17(23-13-18(6-3-7-18)8-10-24-2)22-9-11-25-16-5-4-14(19)12-15(16)20/h4-5,12H,3,6-11,13H2,1-2H3,(H2,21,22,23). The second kappa shape index (κ2) is 9.56. The first kappa shape index (κ1) is 19.4. The van der Waals surface area contributed by atoms with E-state index < -0.39 is 11.6 Å². The molecule has 1 fully saturated rings. The molecule has 1 aliphatic carbocycles. The summed E-state index contributed by atoms with van der Waals surface area (Å²) >= 11 is 0. The molecule has 0 radical (unpaired) electrons. The van der Waals surface area contributed by atoms with Crippen molar-refractivity contribution in [3.8, 4) is 5.75 Å². The number of hydrogen-bond donors (Lipinski definition) is 2. The van der Waals surface area contributed by atoms with Gasteiger partial charge in [-0.05, 0) is 36.8 Å². The maximum atomic E-state index is 13.5. The summed E-state index contributed by atoms with van der Waals surface area (Å²) in [5.74, 6) is -0.593. The molecule has 5 nitrogen and oxygen atoms in total. The maximum Gasteiger partial charge on any atom is 0.191 e. The van der Waals surface area contributed by atoms with Gasteiger partial charge in [0.05, 0.1) is 6.54 Å². The molecule has 0 amide bonds. The predicted octanol–water partition coefficient (Wildman–Crippen LogP) is 2.72. The van der Waals surface area contributed by atoms with Crippen molar-refractivity contribution >= 4 is 5.96 Å². The van der Waals surface area contributed by atoms with E-state index in [0.29, 0.717) is 17.9 Å².